The third kappa shape index (κ3) is 3.48. The maximum Gasteiger partial charge on any atom is 0.341 e. The minimum atomic E-state index is -0.314. The van der Waals surface area contributed by atoms with Gasteiger partial charge in [-0.25, -0.2) is 4.79 Å². The first-order valence-electron chi connectivity index (χ1n) is 5.93. The van der Waals surface area contributed by atoms with Crippen molar-refractivity contribution in [2.45, 2.75) is 27.2 Å². The predicted molar refractivity (Wildman–Crippen MR) is 67.5 cm³/mol. The van der Waals surface area contributed by atoms with Crippen LogP contribution in [0.5, 0.6) is 5.75 Å². The van der Waals surface area contributed by atoms with Crippen molar-refractivity contribution in [1.82, 2.24) is 0 Å². The summed E-state index contributed by atoms with van der Waals surface area (Å²) in [4.78, 5) is 11.9. The molecule has 3 nitrogen and oxygen atoms in total. The number of benzene rings is 1. The highest BCUT2D eigenvalue weighted by atomic mass is 16.5. The van der Waals surface area contributed by atoms with Gasteiger partial charge in [0.15, 0.2) is 0 Å². The lowest BCUT2D eigenvalue weighted by molar-refractivity contribution is 0.0455. The summed E-state index contributed by atoms with van der Waals surface area (Å²) in [5, 5.41) is 0. The van der Waals surface area contributed by atoms with E-state index >= 15 is 0 Å². The van der Waals surface area contributed by atoms with Gasteiger partial charge in [-0.15, -0.1) is 0 Å². The average molecular weight is 236 g/mol. The van der Waals surface area contributed by atoms with E-state index in [0.717, 1.165) is 12.0 Å². The minimum absolute atomic E-state index is 0.314. The van der Waals surface area contributed by atoms with Crippen LogP contribution in [0, 0.1) is 5.92 Å². The van der Waals surface area contributed by atoms with E-state index < -0.39 is 0 Å². The number of carbonyl (C=O) groups is 1. The van der Waals surface area contributed by atoms with Gasteiger partial charge in [0.05, 0.1) is 13.7 Å². The lowest BCUT2D eigenvalue weighted by Gasteiger charge is -2.12. The van der Waals surface area contributed by atoms with Crippen LogP contribution in [-0.2, 0) is 11.2 Å². The molecule has 0 amide bonds. The van der Waals surface area contributed by atoms with E-state index in [9.17, 15) is 4.79 Å². The predicted octanol–water partition coefficient (Wildman–Crippen LogP) is 3.07. The van der Waals surface area contributed by atoms with Crippen LogP contribution in [-0.4, -0.2) is 19.7 Å². The van der Waals surface area contributed by atoms with E-state index in [1.807, 2.05) is 32.9 Å². The van der Waals surface area contributed by atoms with Crippen LogP contribution in [0.1, 0.15) is 36.7 Å². The van der Waals surface area contributed by atoms with Crippen LogP contribution >= 0.6 is 0 Å². The van der Waals surface area contributed by atoms with Crippen LogP contribution in [0.3, 0.4) is 0 Å². The number of methoxy groups -OCH3 is 1. The number of para-hydroxylation sites is 1. The molecule has 0 saturated carbocycles. The number of esters is 1. The molecule has 0 fully saturated rings. The smallest absolute Gasteiger partial charge is 0.341 e. The van der Waals surface area contributed by atoms with Crippen molar-refractivity contribution >= 4 is 5.97 Å². The van der Waals surface area contributed by atoms with Crippen LogP contribution in [0.4, 0.5) is 0 Å². The summed E-state index contributed by atoms with van der Waals surface area (Å²) in [6.07, 6.45) is 0.828. The Morgan fingerprint density at radius 1 is 1.35 bits per heavy atom. The molecule has 94 valence electrons. The summed E-state index contributed by atoms with van der Waals surface area (Å²) in [6, 6.07) is 5.55. The fourth-order valence-corrected chi connectivity index (χ4v) is 1.59. The Morgan fingerprint density at radius 3 is 2.59 bits per heavy atom. The van der Waals surface area contributed by atoms with Gasteiger partial charge in [0.25, 0.3) is 0 Å². The van der Waals surface area contributed by atoms with Gasteiger partial charge in [-0.2, -0.15) is 0 Å². The second-order valence-electron chi connectivity index (χ2n) is 4.34. The van der Waals surface area contributed by atoms with Gasteiger partial charge in [-0.1, -0.05) is 32.9 Å². The molecule has 3 heteroatoms. The van der Waals surface area contributed by atoms with Gasteiger partial charge in [0, 0.05) is 0 Å². The van der Waals surface area contributed by atoms with Crippen molar-refractivity contribution in [1.29, 1.82) is 0 Å². The fourth-order valence-electron chi connectivity index (χ4n) is 1.59. The number of hydrogen-bond acceptors (Lipinski definition) is 3. The second-order valence-corrected chi connectivity index (χ2v) is 4.34. The summed E-state index contributed by atoms with van der Waals surface area (Å²) in [5.41, 5.74) is 1.53. The van der Waals surface area contributed by atoms with Crippen molar-refractivity contribution in [2.24, 2.45) is 5.92 Å². The maximum atomic E-state index is 11.9. The SMILES string of the molecule is CCc1cccc(C(=O)OCC(C)C)c1OC. The van der Waals surface area contributed by atoms with Crippen molar-refractivity contribution in [3.63, 3.8) is 0 Å². The van der Waals surface area contributed by atoms with Crippen molar-refractivity contribution in [3.8, 4) is 5.75 Å². The average Bonchev–Trinajstić information content (AvgIpc) is 2.34. The minimum Gasteiger partial charge on any atom is -0.496 e. The zero-order valence-corrected chi connectivity index (χ0v) is 10.9. The van der Waals surface area contributed by atoms with Crippen molar-refractivity contribution in [2.75, 3.05) is 13.7 Å². The van der Waals surface area contributed by atoms with Gasteiger partial charge >= 0.3 is 5.97 Å². The number of aryl methyl sites for hydroxylation is 1. The van der Waals surface area contributed by atoms with E-state index in [1.54, 1.807) is 13.2 Å². The zero-order chi connectivity index (χ0) is 12.8. The Kier molecular flexibility index (Phi) is 5.01. The molecule has 0 unspecified atom stereocenters. The molecule has 0 saturated heterocycles. The van der Waals surface area contributed by atoms with Crippen LogP contribution in [0.25, 0.3) is 0 Å². The fraction of sp³-hybridized carbons (Fsp3) is 0.500. The second kappa shape index (κ2) is 6.28. The number of rotatable bonds is 5. The molecule has 1 aromatic carbocycles. The highest BCUT2D eigenvalue weighted by Gasteiger charge is 2.16. The monoisotopic (exact) mass is 236 g/mol. The van der Waals surface area contributed by atoms with Gasteiger partial charge in [0.1, 0.15) is 11.3 Å². The first-order valence-corrected chi connectivity index (χ1v) is 5.93. The molecule has 0 spiro atoms. The molecule has 0 atom stereocenters. The lowest BCUT2D eigenvalue weighted by atomic mass is 10.1. The van der Waals surface area contributed by atoms with Crippen molar-refractivity contribution < 1.29 is 14.3 Å². The number of hydrogen-bond donors (Lipinski definition) is 0. The molecule has 0 heterocycles. The van der Waals surface area contributed by atoms with Gasteiger partial charge in [-0.05, 0) is 24.0 Å². The molecule has 0 radical (unpaired) electrons. The van der Waals surface area contributed by atoms with Gasteiger partial charge < -0.3 is 9.47 Å². The van der Waals surface area contributed by atoms with E-state index in [1.165, 1.54) is 0 Å². The Balaban J connectivity index is 2.92. The quantitative estimate of drug-likeness (QED) is 0.737. The molecular formula is C14H20O3. The van der Waals surface area contributed by atoms with E-state index in [4.69, 9.17) is 9.47 Å². The van der Waals surface area contributed by atoms with Crippen molar-refractivity contribution in [3.05, 3.63) is 29.3 Å². The van der Waals surface area contributed by atoms with Crippen LogP contribution in [0.15, 0.2) is 18.2 Å². The summed E-state index contributed by atoms with van der Waals surface area (Å²) in [7, 11) is 1.58. The Labute approximate surface area is 103 Å². The van der Waals surface area contributed by atoms with E-state index in [2.05, 4.69) is 0 Å². The largest absolute Gasteiger partial charge is 0.496 e. The van der Waals surface area contributed by atoms with E-state index in [0.29, 0.717) is 23.8 Å². The maximum absolute atomic E-state index is 11.9. The van der Waals surface area contributed by atoms with Gasteiger partial charge in [0.2, 0.25) is 0 Å². The van der Waals surface area contributed by atoms with Crippen LogP contribution < -0.4 is 4.74 Å². The van der Waals surface area contributed by atoms with E-state index in [-0.39, 0.29) is 5.97 Å². The first-order chi connectivity index (χ1) is 8.10. The number of carbonyl (C=O) groups excluding carboxylic acids is 1. The molecule has 0 aliphatic carbocycles. The van der Waals surface area contributed by atoms with Crippen LogP contribution in [0.2, 0.25) is 0 Å². The number of ether oxygens (including phenoxy) is 2. The first kappa shape index (κ1) is 13.6. The molecule has 0 aliphatic rings. The molecule has 0 aliphatic heterocycles. The summed E-state index contributed by atoms with van der Waals surface area (Å²) < 4.78 is 10.5. The normalized spacial score (nSPS) is 10.4. The summed E-state index contributed by atoms with van der Waals surface area (Å²) in [6.45, 7) is 6.47. The third-order valence-electron chi connectivity index (χ3n) is 2.45. The third-order valence-corrected chi connectivity index (χ3v) is 2.45. The highest BCUT2D eigenvalue weighted by Crippen LogP contribution is 2.25. The Morgan fingerprint density at radius 2 is 2.06 bits per heavy atom. The summed E-state index contributed by atoms with van der Waals surface area (Å²) in [5.74, 6) is 0.647. The molecule has 0 bridgehead atoms. The molecule has 1 aromatic rings. The molecular weight excluding hydrogens is 216 g/mol. The zero-order valence-electron chi connectivity index (χ0n) is 10.9. The standard InChI is InChI=1S/C14H20O3/c1-5-11-7-6-8-12(13(11)16-4)14(15)17-9-10(2)3/h6-8,10H,5,9H2,1-4H3. The topological polar surface area (TPSA) is 35.5 Å². The highest BCUT2D eigenvalue weighted by molar-refractivity contribution is 5.93. The molecule has 17 heavy (non-hydrogen) atoms. The molecule has 1 rings (SSSR count). The lowest BCUT2D eigenvalue weighted by Crippen LogP contribution is -2.12. The molecule has 0 aromatic heterocycles. The van der Waals surface area contributed by atoms with Gasteiger partial charge in [-0.3, -0.25) is 0 Å². The Hall–Kier alpha value is -1.51. The molecule has 0 N–H and O–H groups in total. The Bertz CT molecular complexity index is 383. The summed E-state index contributed by atoms with van der Waals surface area (Å²) >= 11 is 0.